The quantitative estimate of drug-likeness (QED) is 0.636. The lowest BCUT2D eigenvalue weighted by atomic mass is 9.79. The van der Waals surface area contributed by atoms with Gasteiger partial charge < -0.3 is 19.0 Å². The summed E-state index contributed by atoms with van der Waals surface area (Å²) in [6, 6.07) is 0. The van der Waals surface area contributed by atoms with Crippen LogP contribution in [0.1, 0.15) is 40.5 Å². The fourth-order valence-electron chi connectivity index (χ4n) is 2.99. The summed E-state index contributed by atoms with van der Waals surface area (Å²) in [6.07, 6.45) is -0.0928. The Kier molecular flexibility index (Phi) is 4.07. The first-order chi connectivity index (χ1) is 9.50. The molecule has 2 aliphatic heterocycles. The van der Waals surface area contributed by atoms with Gasteiger partial charge in [-0.25, -0.2) is 0 Å². The van der Waals surface area contributed by atoms with Crippen LogP contribution in [0.2, 0.25) is 18.1 Å². The van der Waals surface area contributed by atoms with Gasteiger partial charge in [0.1, 0.15) is 11.7 Å². The summed E-state index contributed by atoms with van der Waals surface area (Å²) >= 11 is 0. The second-order valence-electron chi connectivity index (χ2n) is 7.76. The molecule has 5 nitrogen and oxygen atoms in total. The lowest BCUT2D eigenvalue weighted by Crippen LogP contribution is -2.57. The summed E-state index contributed by atoms with van der Waals surface area (Å²) < 4.78 is 17.6. The van der Waals surface area contributed by atoms with Crippen molar-refractivity contribution in [2.45, 2.75) is 76.0 Å². The van der Waals surface area contributed by atoms with Gasteiger partial charge in [0.2, 0.25) is 0 Å². The lowest BCUT2D eigenvalue weighted by Gasteiger charge is -2.42. The maximum absolute atomic E-state index is 11.8. The number of fused-ring (bicyclic) bond motifs is 1. The van der Waals surface area contributed by atoms with Gasteiger partial charge in [-0.2, -0.15) is 0 Å². The Hall–Kier alpha value is -0.433. The number of aliphatic hydroxyl groups is 1. The van der Waals surface area contributed by atoms with Gasteiger partial charge in [0, 0.05) is 0 Å². The van der Waals surface area contributed by atoms with Crippen molar-refractivity contribution in [1.82, 2.24) is 0 Å². The second-order valence-corrected chi connectivity index (χ2v) is 12.6. The van der Waals surface area contributed by atoms with Crippen molar-refractivity contribution >= 4 is 14.3 Å². The molecule has 0 unspecified atom stereocenters. The minimum absolute atomic E-state index is 0.0825. The van der Waals surface area contributed by atoms with Gasteiger partial charge >= 0.3 is 5.97 Å². The van der Waals surface area contributed by atoms with Crippen LogP contribution in [0.15, 0.2) is 0 Å². The maximum Gasteiger partial charge on any atom is 0.309 e. The number of carbonyl (C=O) groups is 1. The van der Waals surface area contributed by atoms with Crippen molar-refractivity contribution in [2.24, 2.45) is 0 Å². The number of rotatable bonds is 4. The fourth-order valence-corrected chi connectivity index (χ4v) is 4.02. The number of hydrogen-bond acceptors (Lipinski definition) is 5. The van der Waals surface area contributed by atoms with Crippen LogP contribution >= 0.6 is 0 Å². The Morgan fingerprint density at radius 1 is 1.43 bits per heavy atom. The number of ether oxygens (including phenoxy) is 2. The predicted octanol–water partition coefficient (Wildman–Crippen LogP) is 2.23. The summed E-state index contributed by atoms with van der Waals surface area (Å²) in [4.78, 5) is 11.8. The monoisotopic (exact) mass is 316 g/mol. The van der Waals surface area contributed by atoms with Crippen LogP contribution in [0.4, 0.5) is 0 Å². The van der Waals surface area contributed by atoms with Gasteiger partial charge in [-0.1, -0.05) is 27.7 Å². The molecule has 2 heterocycles. The van der Waals surface area contributed by atoms with Crippen LogP contribution in [0.25, 0.3) is 0 Å². The van der Waals surface area contributed by atoms with Crippen molar-refractivity contribution < 1.29 is 23.8 Å². The topological polar surface area (TPSA) is 65.0 Å². The van der Waals surface area contributed by atoms with Gasteiger partial charge in [-0.05, 0) is 24.6 Å². The summed E-state index contributed by atoms with van der Waals surface area (Å²) in [5.41, 5.74) is -1.79. The molecule has 0 aliphatic carbocycles. The van der Waals surface area contributed by atoms with Gasteiger partial charge in [-0.15, -0.1) is 0 Å². The van der Waals surface area contributed by atoms with Crippen molar-refractivity contribution in [3.8, 4) is 0 Å². The zero-order valence-corrected chi connectivity index (χ0v) is 15.0. The number of carbonyl (C=O) groups excluding carboxylic acids is 1. The van der Waals surface area contributed by atoms with Gasteiger partial charge in [0.25, 0.3) is 0 Å². The molecule has 2 saturated heterocycles. The average Bonchev–Trinajstić information content (AvgIpc) is 2.78. The molecule has 21 heavy (non-hydrogen) atoms. The van der Waals surface area contributed by atoms with E-state index < -0.39 is 25.6 Å². The highest BCUT2D eigenvalue weighted by molar-refractivity contribution is 6.74. The zero-order valence-electron chi connectivity index (χ0n) is 14.0. The van der Waals surface area contributed by atoms with E-state index in [2.05, 4.69) is 33.9 Å². The van der Waals surface area contributed by atoms with Crippen LogP contribution < -0.4 is 0 Å². The van der Waals surface area contributed by atoms with Crippen molar-refractivity contribution in [3.05, 3.63) is 0 Å². The molecule has 0 bridgehead atoms. The molecule has 3 atom stereocenters. The smallest absolute Gasteiger partial charge is 0.309 e. The first-order valence-corrected chi connectivity index (χ1v) is 10.6. The normalized spacial score (nSPS) is 36.7. The molecule has 122 valence electrons. The van der Waals surface area contributed by atoms with Gasteiger partial charge in [0.15, 0.2) is 13.9 Å². The van der Waals surface area contributed by atoms with E-state index in [0.717, 1.165) is 0 Å². The molecule has 0 amide bonds. The average molecular weight is 316 g/mol. The molecule has 0 saturated carbocycles. The standard InChI is InChI=1S/C15H28O5Si/c1-7-15-11(16)9-18-14(15,8-12(17)20-15)10-19-21(5,6)13(2,3)4/h11,16H,7-10H2,1-6H3/t11-,14+,15-/m1/s1. The Morgan fingerprint density at radius 2 is 2.05 bits per heavy atom. The third-order valence-corrected chi connectivity index (χ3v) is 10.0. The molecule has 2 fully saturated rings. The number of esters is 1. The Labute approximate surface area is 128 Å². The van der Waals surface area contributed by atoms with E-state index in [1.54, 1.807) is 0 Å². The molecule has 0 radical (unpaired) electrons. The van der Waals surface area contributed by atoms with Crippen molar-refractivity contribution in [3.63, 3.8) is 0 Å². The van der Waals surface area contributed by atoms with Crippen LogP contribution in [0, 0.1) is 0 Å². The fraction of sp³-hybridized carbons (Fsp3) is 0.933. The molecule has 0 aromatic rings. The SMILES string of the molecule is CC[C@]12OC(=O)C[C@@]1(CO[Si](C)(C)C(C)(C)C)OC[C@H]2O. The van der Waals surface area contributed by atoms with Crippen LogP contribution in [-0.4, -0.2) is 49.9 Å². The van der Waals surface area contributed by atoms with Crippen LogP contribution in [-0.2, 0) is 18.7 Å². The third kappa shape index (κ3) is 2.46. The van der Waals surface area contributed by atoms with Crippen molar-refractivity contribution in [2.75, 3.05) is 13.2 Å². The molecule has 2 aliphatic rings. The minimum Gasteiger partial charge on any atom is -0.453 e. The molecule has 0 spiro atoms. The highest BCUT2D eigenvalue weighted by Crippen LogP contribution is 2.50. The van der Waals surface area contributed by atoms with E-state index in [-0.39, 0.29) is 24.0 Å². The van der Waals surface area contributed by atoms with Gasteiger partial charge in [0.05, 0.1) is 19.6 Å². The third-order valence-electron chi connectivity index (χ3n) is 5.55. The highest BCUT2D eigenvalue weighted by Gasteiger charge is 2.69. The van der Waals surface area contributed by atoms with Crippen LogP contribution in [0.5, 0.6) is 0 Å². The highest BCUT2D eigenvalue weighted by atomic mass is 28.4. The molecule has 1 N–H and O–H groups in total. The summed E-state index contributed by atoms with van der Waals surface area (Å²) in [5.74, 6) is -0.311. The molecule has 0 aromatic carbocycles. The molecule has 2 rings (SSSR count). The second kappa shape index (κ2) is 5.04. The van der Waals surface area contributed by atoms with Gasteiger partial charge in [-0.3, -0.25) is 4.79 Å². The predicted molar refractivity (Wildman–Crippen MR) is 81.6 cm³/mol. The van der Waals surface area contributed by atoms with E-state index in [4.69, 9.17) is 13.9 Å². The van der Waals surface area contributed by atoms with E-state index in [9.17, 15) is 9.90 Å². The lowest BCUT2D eigenvalue weighted by molar-refractivity contribution is -0.163. The van der Waals surface area contributed by atoms with E-state index >= 15 is 0 Å². The molecule has 0 aromatic heterocycles. The van der Waals surface area contributed by atoms with E-state index in [0.29, 0.717) is 13.0 Å². The summed E-state index contributed by atoms with van der Waals surface area (Å²) in [6.45, 7) is 13.3. The molecular formula is C15H28O5Si. The first-order valence-electron chi connectivity index (χ1n) is 7.67. The minimum atomic E-state index is -1.96. The Balaban J connectivity index is 2.23. The Bertz CT molecular complexity index is 430. The molecular weight excluding hydrogens is 288 g/mol. The summed E-state index contributed by atoms with van der Waals surface area (Å²) in [7, 11) is -1.96. The first kappa shape index (κ1) is 16.9. The largest absolute Gasteiger partial charge is 0.453 e. The van der Waals surface area contributed by atoms with E-state index in [1.807, 2.05) is 6.92 Å². The Morgan fingerprint density at radius 3 is 2.57 bits per heavy atom. The zero-order chi connectivity index (χ0) is 16.1. The molecule has 6 heteroatoms. The van der Waals surface area contributed by atoms with E-state index in [1.165, 1.54) is 0 Å². The van der Waals surface area contributed by atoms with Crippen LogP contribution in [0.3, 0.4) is 0 Å². The van der Waals surface area contributed by atoms with Crippen molar-refractivity contribution in [1.29, 1.82) is 0 Å². The number of hydrogen-bond donors (Lipinski definition) is 1. The number of aliphatic hydroxyl groups excluding tert-OH is 1. The maximum atomic E-state index is 11.8. The summed E-state index contributed by atoms with van der Waals surface area (Å²) in [5, 5.41) is 10.4.